The summed E-state index contributed by atoms with van der Waals surface area (Å²) in [6.45, 7) is 2.61. The summed E-state index contributed by atoms with van der Waals surface area (Å²) >= 11 is 0. The lowest BCUT2D eigenvalue weighted by molar-refractivity contribution is -0.119. The Hall–Kier alpha value is -3.10. The van der Waals surface area contributed by atoms with Gasteiger partial charge in [0.1, 0.15) is 18.5 Å². The van der Waals surface area contributed by atoms with Gasteiger partial charge in [-0.2, -0.15) is 10.1 Å². The van der Waals surface area contributed by atoms with Crippen LogP contribution in [0.4, 0.5) is 4.39 Å². The minimum atomic E-state index is -0.534. The van der Waals surface area contributed by atoms with Crippen molar-refractivity contribution in [2.24, 2.45) is 0 Å². The molecule has 1 aromatic carbocycles. The summed E-state index contributed by atoms with van der Waals surface area (Å²) in [6.07, 6.45) is 3.21. The lowest BCUT2D eigenvalue weighted by Crippen LogP contribution is -2.25. The summed E-state index contributed by atoms with van der Waals surface area (Å²) in [5, 5.41) is 10.6. The first-order valence-electron chi connectivity index (χ1n) is 7.76. The quantitative estimate of drug-likeness (QED) is 0.767. The minimum absolute atomic E-state index is 0.0502. The average Bonchev–Trinajstić information content (AvgIpc) is 3.31. The van der Waals surface area contributed by atoms with Gasteiger partial charge in [-0.3, -0.25) is 4.79 Å². The highest BCUT2D eigenvalue weighted by molar-refractivity contribution is 5.80. The molecule has 128 valence electrons. The Morgan fingerprint density at radius 2 is 2.32 bits per heavy atom. The SMILES string of the molecule is CC1(c2nc(-c3ccc(Cn4cncn4)c(F)c3)no2)CNC(=O)C1. The fourth-order valence-corrected chi connectivity index (χ4v) is 2.81. The van der Waals surface area contributed by atoms with Crippen LogP contribution >= 0.6 is 0 Å². The van der Waals surface area contributed by atoms with Crippen molar-refractivity contribution in [1.29, 1.82) is 0 Å². The Morgan fingerprint density at radius 1 is 1.44 bits per heavy atom. The van der Waals surface area contributed by atoms with Gasteiger partial charge >= 0.3 is 0 Å². The maximum Gasteiger partial charge on any atom is 0.235 e. The van der Waals surface area contributed by atoms with Crippen LogP contribution in [-0.4, -0.2) is 37.4 Å². The monoisotopic (exact) mass is 342 g/mol. The van der Waals surface area contributed by atoms with E-state index in [9.17, 15) is 9.18 Å². The van der Waals surface area contributed by atoms with Gasteiger partial charge in [0.25, 0.3) is 0 Å². The molecule has 1 saturated heterocycles. The number of halogens is 1. The highest BCUT2D eigenvalue weighted by Crippen LogP contribution is 2.31. The second-order valence-electron chi connectivity index (χ2n) is 6.34. The van der Waals surface area contributed by atoms with Crippen LogP contribution in [0.2, 0.25) is 0 Å². The van der Waals surface area contributed by atoms with Gasteiger partial charge in [-0.25, -0.2) is 14.1 Å². The van der Waals surface area contributed by atoms with Crippen molar-refractivity contribution in [3.8, 4) is 11.4 Å². The second-order valence-corrected chi connectivity index (χ2v) is 6.34. The van der Waals surface area contributed by atoms with Crippen molar-refractivity contribution in [1.82, 2.24) is 30.2 Å². The Morgan fingerprint density at radius 3 is 3.00 bits per heavy atom. The van der Waals surface area contributed by atoms with E-state index in [0.29, 0.717) is 35.8 Å². The molecule has 3 aromatic rings. The van der Waals surface area contributed by atoms with Crippen LogP contribution in [0.3, 0.4) is 0 Å². The summed E-state index contributed by atoms with van der Waals surface area (Å²) in [4.78, 5) is 19.6. The number of nitrogens with zero attached hydrogens (tertiary/aromatic N) is 5. The van der Waals surface area contributed by atoms with Gasteiger partial charge in [-0.1, -0.05) is 17.3 Å². The molecule has 1 amide bonds. The summed E-state index contributed by atoms with van der Waals surface area (Å²) in [5.74, 6) is 0.226. The van der Waals surface area contributed by atoms with E-state index in [1.165, 1.54) is 23.4 Å². The van der Waals surface area contributed by atoms with Gasteiger partial charge in [0, 0.05) is 24.1 Å². The molecule has 4 rings (SSSR count). The second kappa shape index (κ2) is 5.76. The number of aromatic nitrogens is 5. The van der Waals surface area contributed by atoms with Crippen molar-refractivity contribution in [2.75, 3.05) is 6.54 Å². The Balaban J connectivity index is 1.58. The molecule has 8 nitrogen and oxygen atoms in total. The minimum Gasteiger partial charge on any atom is -0.355 e. The van der Waals surface area contributed by atoms with Crippen LogP contribution in [0.5, 0.6) is 0 Å². The number of hydrogen-bond donors (Lipinski definition) is 1. The first kappa shape index (κ1) is 15.4. The summed E-state index contributed by atoms with van der Waals surface area (Å²) in [7, 11) is 0. The molecular weight excluding hydrogens is 327 g/mol. The van der Waals surface area contributed by atoms with Crippen LogP contribution in [0.25, 0.3) is 11.4 Å². The molecule has 1 aliphatic rings. The summed E-state index contributed by atoms with van der Waals surface area (Å²) < 4.78 is 21.2. The smallest absolute Gasteiger partial charge is 0.235 e. The zero-order chi connectivity index (χ0) is 17.4. The molecule has 1 atom stereocenters. The molecule has 1 fully saturated rings. The number of amides is 1. The molecule has 1 N–H and O–H groups in total. The number of carbonyl (C=O) groups excluding carboxylic acids is 1. The van der Waals surface area contributed by atoms with Crippen LogP contribution in [0, 0.1) is 5.82 Å². The Kier molecular flexibility index (Phi) is 3.56. The lowest BCUT2D eigenvalue weighted by atomic mass is 9.89. The fraction of sp³-hybridized carbons (Fsp3) is 0.312. The van der Waals surface area contributed by atoms with E-state index in [0.717, 1.165) is 0 Å². The maximum absolute atomic E-state index is 14.4. The van der Waals surface area contributed by atoms with Gasteiger partial charge < -0.3 is 9.84 Å². The van der Waals surface area contributed by atoms with E-state index in [2.05, 4.69) is 25.5 Å². The molecule has 0 aliphatic carbocycles. The fourth-order valence-electron chi connectivity index (χ4n) is 2.81. The van der Waals surface area contributed by atoms with Crippen LogP contribution in [0.15, 0.2) is 35.4 Å². The van der Waals surface area contributed by atoms with Gasteiger partial charge in [0.15, 0.2) is 0 Å². The zero-order valence-corrected chi connectivity index (χ0v) is 13.4. The molecule has 3 heterocycles. The predicted molar refractivity (Wildman–Crippen MR) is 83.8 cm³/mol. The molecule has 2 aromatic heterocycles. The average molecular weight is 342 g/mol. The van der Waals surface area contributed by atoms with Crippen molar-refractivity contribution in [3.05, 3.63) is 48.1 Å². The van der Waals surface area contributed by atoms with Crippen molar-refractivity contribution in [3.63, 3.8) is 0 Å². The third-order valence-corrected chi connectivity index (χ3v) is 4.28. The summed E-state index contributed by atoms with van der Waals surface area (Å²) in [6, 6.07) is 4.75. The highest BCUT2D eigenvalue weighted by Gasteiger charge is 2.40. The molecule has 0 radical (unpaired) electrons. The molecular formula is C16H15FN6O2. The Bertz CT molecular complexity index is 923. The number of rotatable bonds is 4. The number of benzene rings is 1. The molecule has 1 aliphatic heterocycles. The van der Waals surface area contributed by atoms with E-state index in [1.54, 1.807) is 12.1 Å². The number of nitrogens with one attached hydrogen (secondary N) is 1. The normalized spacial score (nSPS) is 20.0. The van der Waals surface area contributed by atoms with E-state index in [-0.39, 0.29) is 18.3 Å². The van der Waals surface area contributed by atoms with Crippen LogP contribution in [0.1, 0.15) is 24.8 Å². The molecule has 0 saturated carbocycles. The highest BCUT2D eigenvalue weighted by atomic mass is 19.1. The summed E-state index contributed by atoms with van der Waals surface area (Å²) in [5.41, 5.74) is 0.458. The Labute approximate surface area is 142 Å². The predicted octanol–water partition coefficient (Wildman–Crippen LogP) is 1.29. The van der Waals surface area contributed by atoms with Crippen molar-refractivity contribution < 1.29 is 13.7 Å². The van der Waals surface area contributed by atoms with Gasteiger partial charge in [-0.15, -0.1) is 0 Å². The standard InChI is InChI=1S/C16H15FN6O2/c1-16(5-13(24)19-7-16)15-21-14(22-25-15)10-2-3-11(12(17)4-10)6-23-9-18-8-20-23/h2-4,8-9H,5-7H2,1H3,(H,19,24). The van der Waals surface area contributed by atoms with E-state index in [1.807, 2.05) is 6.92 Å². The molecule has 0 bridgehead atoms. The lowest BCUT2D eigenvalue weighted by Gasteiger charge is -2.14. The largest absolute Gasteiger partial charge is 0.355 e. The van der Waals surface area contributed by atoms with Crippen LogP contribution in [-0.2, 0) is 16.8 Å². The van der Waals surface area contributed by atoms with Gasteiger partial charge in [0.2, 0.25) is 17.6 Å². The zero-order valence-electron chi connectivity index (χ0n) is 13.4. The molecule has 1 unspecified atom stereocenters. The van der Waals surface area contributed by atoms with Crippen LogP contribution < -0.4 is 5.32 Å². The molecule has 0 spiro atoms. The number of hydrogen-bond acceptors (Lipinski definition) is 6. The molecule has 9 heteroatoms. The topological polar surface area (TPSA) is 98.7 Å². The van der Waals surface area contributed by atoms with E-state index < -0.39 is 5.41 Å². The third-order valence-electron chi connectivity index (χ3n) is 4.28. The molecule has 25 heavy (non-hydrogen) atoms. The third kappa shape index (κ3) is 2.88. The van der Waals surface area contributed by atoms with E-state index in [4.69, 9.17) is 4.52 Å². The maximum atomic E-state index is 14.4. The first-order valence-corrected chi connectivity index (χ1v) is 7.76. The number of carbonyl (C=O) groups is 1. The van der Waals surface area contributed by atoms with Gasteiger partial charge in [-0.05, 0) is 13.0 Å². The van der Waals surface area contributed by atoms with Crippen molar-refractivity contribution >= 4 is 5.91 Å². The van der Waals surface area contributed by atoms with E-state index >= 15 is 0 Å². The van der Waals surface area contributed by atoms with Gasteiger partial charge in [0.05, 0.1) is 12.0 Å². The first-order chi connectivity index (χ1) is 12.0. The van der Waals surface area contributed by atoms with Crippen molar-refractivity contribution in [2.45, 2.75) is 25.3 Å².